The summed E-state index contributed by atoms with van der Waals surface area (Å²) in [5.41, 5.74) is 0.998. The normalized spacial score (nSPS) is 11.7. The minimum atomic E-state index is -3.68. The molecule has 1 rings (SSSR count). The van der Waals surface area contributed by atoms with Gasteiger partial charge in [-0.25, -0.2) is 0 Å². The van der Waals surface area contributed by atoms with Gasteiger partial charge in [-0.05, 0) is 38.3 Å². The predicted molar refractivity (Wildman–Crippen MR) is 86.9 cm³/mol. The molecular formula is C16H26O6S. The van der Waals surface area contributed by atoms with Gasteiger partial charge in [-0.2, -0.15) is 8.42 Å². The van der Waals surface area contributed by atoms with Crippen molar-refractivity contribution in [2.75, 3.05) is 39.6 Å². The van der Waals surface area contributed by atoms with E-state index in [4.69, 9.17) is 18.8 Å². The first-order valence-corrected chi connectivity index (χ1v) is 9.19. The molecule has 0 spiro atoms. The molecule has 23 heavy (non-hydrogen) atoms. The summed E-state index contributed by atoms with van der Waals surface area (Å²) in [7, 11) is -3.68. The van der Waals surface area contributed by atoms with Crippen molar-refractivity contribution in [2.24, 2.45) is 0 Å². The zero-order chi connectivity index (χ0) is 17.0. The van der Waals surface area contributed by atoms with Crippen LogP contribution in [0.2, 0.25) is 0 Å². The van der Waals surface area contributed by atoms with Gasteiger partial charge in [0, 0.05) is 33.0 Å². The SMILES string of the molecule is Cc1ccc(S(=O)(=O)OCCCOCCCOCCCO)cc1. The zero-order valence-electron chi connectivity index (χ0n) is 13.6. The first kappa shape index (κ1) is 20.1. The van der Waals surface area contributed by atoms with Gasteiger partial charge in [0.1, 0.15) is 0 Å². The lowest BCUT2D eigenvalue weighted by Gasteiger charge is -2.07. The van der Waals surface area contributed by atoms with Crippen molar-refractivity contribution in [1.29, 1.82) is 0 Å². The summed E-state index contributed by atoms with van der Waals surface area (Å²) in [6.07, 6.45) is 1.93. The predicted octanol–water partition coefficient (Wildman–Crippen LogP) is 1.90. The van der Waals surface area contributed by atoms with Gasteiger partial charge in [0.25, 0.3) is 10.1 Å². The molecule has 6 nitrogen and oxygen atoms in total. The van der Waals surface area contributed by atoms with Crippen molar-refractivity contribution in [3.8, 4) is 0 Å². The molecule has 1 aromatic rings. The van der Waals surface area contributed by atoms with E-state index in [9.17, 15) is 8.42 Å². The first-order chi connectivity index (χ1) is 11.1. The lowest BCUT2D eigenvalue weighted by molar-refractivity contribution is 0.0722. The van der Waals surface area contributed by atoms with E-state index in [-0.39, 0.29) is 18.1 Å². The van der Waals surface area contributed by atoms with Crippen molar-refractivity contribution in [2.45, 2.75) is 31.1 Å². The minimum absolute atomic E-state index is 0.100. The smallest absolute Gasteiger partial charge is 0.296 e. The quantitative estimate of drug-likeness (QED) is 0.434. The molecule has 0 radical (unpaired) electrons. The van der Waals surface area contributed by atoms with E-state index in [0.29, 0.717) is 39.3 Å². The number of hydrogen-bond donors (Lipinski definition) is 1. The largest absolute Gasteiger partial charge is 0.396 e. The topological polar surface area (TPSA) is 82.1 Å². The van der Waals surface area contributed by atoms with Crippen molar-refractivity contribution in [1.82, 2.24) is 0 Å². The zero-order valence-corrected chi connectivity index (χ0v) is 14.4. The number of aliphatic hydroxyl groups excluding tert-OH is 1. The monoisotopic (exact) mass is 346 g/mol. The Kier molecular flexibility index (Phi) is 10.1. The van der Waals surface area contributed by atoms with Gasteiger partial charge in [-0.1, -0.05) is 17.7 Å². The van der Waals surface area contributed by atoms with Crippen molar-refractivity contribution >= 4 is 10.1 Å². The Morgan fingerprint density at radius 2 is 1.39 bits per heavy atom. The third-order valence-electron chi connectivity index (χ3n) is 3.01. The number of hydrogen-bond acceptors (Lipinski definition) is 6. The number of aryl methyl sites for hydroxylation is 1. The van der Waals surface area contributed by atoms with Crippen LogP contribution in [0.5, 0.6) is 0 Å². The van der Waals surface area contributed by atoms with Crippen LogP contribution in [0.15, 0.2) is 29.2 Å². The third kappa shape index (κ3) is 9.02. The van der Waals surface area contributed by atoms with Crippen molar-refractivity contribution < 1.29 is 27.2 Å². The van der Waals surface area contributed by atoms with Gasteiger partial charge >= 0.3 is 0 Å². The third-order valence-corrected chi connectivity index (χ3v) is 4.33. The fourth-order valence-electron chi connectivity index (χ4n) is 1.74. The maximum atomic E-state index is 11.9. The van der Waals surface area contributed by atoms with Gasteiger partial charge in [0.15, 0.2) is 0 Å². The van der Waals surface area contributed by atoms with Gasteiger partial charge in [-0.15, -0.1) is 0 Å². The van der Waals surface area contributed by atoms with E-state index in [2.05, 4.69) is 0 Å². The Balaban J connectivity index is 2.05. The molecule has 0 aliphatic rings. The second kappa shape index (κ2) is 11.5. The van der Waals surface area contributed by atoms with E-state index < -0.39 is 10.1 Å². The molecule has 1 N–H and O–H groups in total. The van der Waals surface area contributed by atoms with Gasteiger partial charge < -0.3 is 14.6 Å². The molecule has 0 saturated heterocycles. The second-order valence-electron chi connectivity index (χ2n) is 5.10. The van der Waals surface area contributed by atoms with Crippen LogP contribution in [0, 0.1) is 6.92 Å². The van der Waals surface area contributed by atoms with Crippen LogP contribution in [0.3, 0.4) is 0 Å². The standard InChI is InChI=1S/C16H26O6S/c1-15-5-7-16(8-6-15)23(18,19)22-14-4-13-21-12-3-11-20-10-2-9-17/h5-8,17H,2-4,9-14H2,1H3. The molecule has 0 fully saturated rings. The fourth-order valence-corrected chi connectivity index (χ4v) is 2.68. The molecule has 0 aliphatic heterocycles. The van der Waals surface area contributed by atoms with E-state index in [1.165, 1.54) is 12.1 Å². The van der Waals surface area contributed by atoms with Gasteiger partial charge in [-0.3, -0.25) is 4.18 Å². The van der Waals surface area contributed by atoms with E-state index in [0.717, 1.165) is 12.0 Å². The number of aliphatic hydroxyl groups is 1. The Morgan fingerprint density at radius 1 is 0.870 bits per heavy atom. The molecule has 1 aromatic carbocycles. The first-order valence-electron chi connectivity index (χ1n) is 7.79. The summed E-state index contributed by atoms with van der Waals surface area (Å²) < 4.78 is 39.4. The highest BCUT2D eigenvalue weighted by molar-refractivity contribution is 7.86. The highest BCUT2D eigenvalue weighted by Crippen LogP contribution is 2.13. The van der Waals surface area contributed by atoms with Gasteiger partial charge in [0.2, 0.25) is 0 Å². The van der Waals surface area contributed by atoms with Crippen LogP contribution < -0.4 is 0 Å². The van der Waals surface area contributed by atoms with Gasteiger partial charge in [0.05, 0.1) is 11.5 Å². The summed E-state index contributed by atoms with van der Waals surface area (Å²) >= 11 is 0. The molecular weight excluding hydrogens is 320 g/mol. The highest BCUT2D eigenvalue weighted by atomic mass is 32.2. The van der Waals surface area contributed by atoms with E-state index in [1.807, 2.05) is 6.92 Å². The van der Waals surface area contributed by atoms with Crippen molar-refractivity contribution in [3.05, 3.63) is 29.8 Å². The molecule has 0 aliphatic carbocycles. The Labute approximate surface area is 138 Å². The van der Waals surface area contributed by atoms with E-state index >= 15 is 0 Å². The van der Waals surface area contributed by atoms with Crippen LogP contribution in [0.4, 0.5) is 0 Å². The van der Waals surface area contributed by atoms with Crippen LogP contribution in [-0.4, -0.2) is 53.2 Å². The molecule has 0 unspecified atom stereocenters. The van der Waals surface area contributed by atoms with Crippen LogP contribution in [0.1, 0.15) is 24.8 Å². The maximum absolute atomic E-state index is 11.9. The van der Waals surface area contributed by atoms with Crippen LogP contribution in [-0.2, 0) is 23.8 Å². The van der Waals surface area contributed by atoms with E-state index in [1.54, 1.807) is 12.1 Å². The average molecular weight is 346 g/mol. The summed E-state index contributed by atoms with van der Waals surface area (Å²) in [5.74, 6) is 0. The molecule has 0 aromatic heterocycles. The number of benzene rings is 1. The molecule has 7 heteroatoms. The molecule has 0 heterocycles. The second-order valence-corrected chi connectivity index (χ2v) is 6.71. The lowest BCUT2D eigenvalue weighted by atomic mass is 10.2. The summed E-state index contributed by atoms with van der Waals surface area (Å²) in [4.78, 5) is 0.170. The maximum Gasteiger partial charge on any atom is 0.296 e. The van der Waals surface area contributed by atoms with Crippen LogP contribution >= 0.6 is 0 Å². The number of rotatable bonds is 13. The molecule has 0 saturated carbocycles. The fraction of sp³-hybridized carbons (Fsp3) is 0.625. The highest BCUT2D eigenvalue weighted by Gasteiger charge is 2.14. The Bertz CT molecular complexity index is 512. The summed E-state index contributed by atoms with van der Waals surface area (Å²) in [6, 6.07) is 6.56. The Hall–Kier alpha value is -0.990. The molecule has 0 atom stereocenters. The van der Waals surface area contributed by atoms with Crippen molar-refractivity contribution in [3.63, 3.8) is 0 Å². The molecule has 132 valence electrons. The van der Waals surface area contributed by atoms with Crippen LogP contribution in [0.25, 0.3) is 0 Å². The average Bonchev–Trinajstić information content (AvgIpc) is 2.53. The summed E-state index contributed by atoms with van der Waals surface area (Å²) in [6.45, 7) is 4.29. The lowest BCUT2D eigenvalue weighted by Crippen LogP contribution is -2.10. The Morgan fingerprint density at radius 3 is 1.96 bits per heavy atom. The molecule has 0 amide bonds. The number of ether oxygens (including phenoxy) is 2. The minimum Gasteiger partial charge on any atom is -0.396 e. The molecule has 0 bridgehead atoms. The summed E-state index contributed by atoms with van der Waals surface area (Å²) in [5, 5.41) is 8.57.